The molecule has 0 aromatic carbocycles. The van der Waals surface area contributed by atoms with Gasteiger partial charge in [0.15, 0.2) is 6.29 Å². The van der Waals surface area contributed by atoms with E-state index in [0.29, 0.717) is 6.54 Å². The molecule has 0 aliphatic rings. The Hall–Kier alpha value is -0.380. The molecule has 168 valence electrons. The molecule has 28 heavy (non-hydrogen) atoms. The Bertz CT molecular complexity index is 318. The average molecular weight is 398 g/mol. The second kappa shape index (κ2) is 22.9. The number of aliphatic hydroxyl groups is 2. The Morgan fingerprint density at radius 2 is 1.00 bits per heavy atom. The first kappa shape index (κ1) is 27.6. The number of allylic oxidation sites excluding steroid dienone is 2. The largest absolute Gasteiger partial charge is 0.367 e. The van der Waals surface area contributed by atoms with Crippen molar-refractivity contribution in [1.82, 2.24) is 4.90 Å². The van der Waals surface area contributed by atoms with Gasteiger partial charge in [-0.2, -0.15) is 0 Å². The highest BCUT2D eigenvalue weighted by atomic mass is 16.5. The van der Waals surface area contributed by atoms with Gasteiger partial charge in [-0.25, -0.2) is 0 Å². The van der Waals surface area contributed by atoms with Gasteiger partial charge in [0.1, 0.15) is 0 Å². The molecule has 0 aliphatic carbocycles. The van der Waals surface area contributed by atoms with Crippen LogP contribution in [0.25, 0.3) is 0 Å². The SMILES string of the molecule is CCCCCCCC/C=C\CCCCCCCCCCCCN(C)CC(O)O. The molecule has 0 atom stereocenters. The molecule has 0 aromatic rings. The van der Waals surface area contributed by atoms with Gasteiger partial charge in [-0.15, -0.1) is 0 Å². The van der Waals surface area contributed by atoms with Crippen LogP contribution < -0.4 is 0 Å². The van der Waals surface area contributed by atoms with E-state index in [1.165, 1.54) is 109 Å². The molecule has 0 heterocycles. The minimum absolute atomic E-state index is 0.356. The van der Waals surface area contributed by atoms with Crippen LogP contribution in [0.1, 0.15) is 122 Å². The maximum Gasteiger partial charge on any atom is 0.164 e. The van der Waals surface area contributed by atoms with Gasteiger partial charge in [-0.1, -0.05) is 103 Å². The fourth-order valence-corrected chi connectivity index (χ4v) is 3.71. The van der Waals surface area contributed by atoms with Gasteiger partial charge in [-0.3, -0.25) is 0 Å². The van der Waals surface area contributed by atoms with Crippen molar-refractivity contribution in [3.63, 3.8) is 0 Å². The van der Waals surface area contributed by atoms with Crippen LogP contribution in [-0.2, 0) is 0 Å². The van der Waals surface area contributed by atoms with E-state index in [9.17, 15) is 0 Å². The van der Waals surface area contributed by atoms with Crippen LogP contribution in [0, 0.1) is 0 Å². The standard InChI is InChI=1S/C25H51NO2/c1-3-4-5-6-7-8-9-10-11-12-13-14-15-16-17-18-19-20-21-22-23-26(2)24-25(27)28/h10-11,25,27-28H,3-9,12-24H2,1-2H3/b11-10-. The average Bonchev–Trinajstić information content (AvgIpc) is 2.66. The minimum Gasteiger partial charge on any atom is -0.367 e. The second-order valence-electron chi connectivity index (χ2n) is 8.59. The molecule has 0 rings (SSSR count). The molecule has 0 aromatic heterocycles. The van der Waals surface area contributed by atoms with Crippen LogP contribution in [0.15, 0.2) is 12.2 Å². The number of hydrogen-bond acceptors (Lipinski definition) is 3. The molecular formula is C25H51NO2. The van der Waals surface area contributed by atoms with E-state index < -0.39 is 6.29 Å². The van der Waals surface area contributed by atoms with Crippen LogP contribution >= 0.6 is 0 Å². The van der Waals surface area contributed by atoms with Crippen molar-refractivity contribution in [3.8, 4) is 0 Å². The van der Waals surface area contributed by atoms with E-state index in [1.54, 1.807) is 0 Å². The van der Waals surface area contributed by atoms with E-state index in [1.807, 2.05) is 11.9 Å². The monoisotopic (exact) mass is 397 g/mol. The molecule has 0 radical (unpaired) electrons. The zero-order chi connectivity index (χ0) is 20.7. The van der Waals surface area contributed by atoms with E-state index in [-0.39, 0.29) is 0 Å². The van der Waals surface area contributed by atoms with Crippen LogP contribution in [-0.4, -0.2) is 41.5 Å². The lowest BCUT2D eigenvalue weighted by atomic mass is 10.1. The second-order valence-corrected chi connectivity index (χ2v) is 8.59. The summed E-state index contributed by atoms with van der Waals surface area (Å²) < 4.78 is 0. The highest BCUT2D eigenvalue weighted by Crippen LogP contribution is 2.12. The van der Waals surface area contributed by atoms with Gasteiger partial charge >= 0.3 is 0 Å². The van der Waals surface area contributed by atoms with E-state index in [2.05, 4.69) is 19.1 Å². The van der Waals surface area contributed by atoms with Gasteiger partial charge in [-0.05, 0) is 45.7 Å². The lowest BCUT2D eigenvalue weighted by Gasteiger charge is -2.17. The molecule has 0 fully saturated rings. The minimum atomic E-state index is -1.20. The Morgan fingerprint density at radius 1 is 0.607 bits per heavy atom. The number of aliphatic hydroxyl groups excluding tert-OH is 1. The maximum atomic E-state index is 8.90. The summed E-state index contributed by atoms with van der Waals surface area (Å²) in [6, 6.07) is 0. The third kappa shape index (κ3) is 23.7. The van der Waals surface area contributed by atoms with Gasteiger partial charge < -0.3 is 15.1 Å². The summed E-state index contributed by atoms with van der Waals surface area (Å²) >= 11 is 0. The smallest absolute Gasteiger partial charge is 0.164 e. The Balaban J connectivity index is 3.13. The predicted molar refractivity (Wildman–Crippen MR) is 124 cm³/mol. The van der Waals surface area contributed by atoms with Gasteiger partial charge in [0.2, 0.25) is 0 Å². The first-order valence-corrected chi connectivity index (χ1v) is 12.4. The van der Waals surface area contributed by atoms with Crippen molar-refractivity contribution in [3.05, 3.63) is 12.2 Å². The van der Waals surface area contributed by atoms with Crippen molar-refractivity contribution in [2.45, 2.75) is 129 Å². The van der Waals surface area contributed by atoms with Crippen LogP contribution in [0.3, 0.4) is 0 Å². The Morgan fingerprint density at radius 3 is 1.43 bits per heavy atom. The first-order chi connectivity index (χ1) is 13.7. The normalized spacial score (nSPS) is 12.1. The van der Waals surface area contributed by atoms with Gasteiger partial charge in [0.25, 0.3) is 0 Å². The molecule has 0 spiro atoms. The van der Waals surface area contributed by atoms with Gasteiger partial charge in [0.05, 0.1) is 0 Å². The van der Waals surface area contributed by atoms with Crippen LogP contribution in [0.4, 0.5) is 0 Å². The number of hydrogen-bond donors (Lipinski definition) is 2. The van der Waals surface area contributed by atoms with Crippen molar-refractivity contribution < 1.29 is 10.2 Å². The number of likely N-dealkylation sites (N-methyl/N-ethyl adjacent to an activating group) is 1. The third-order valence-electron chi connectivity index (χ3n) is 5.53. The zero-order valence-corrected chi connectivity index (χ0v) is 19.2. The topological polar surface area (TPSA) is 43.7 Å². The fourth-order valence-electron chi connectivity index (χ4n) is 3.71. The predicted octanol–water partition coefficient (Wildman–Crippen LogP) is 6.83. The maximum absolute atomic E-state index is 8.90. The summed E-state index contributed by atoms with van der Waals surface area (Å²) in [7, 11) is 1.95. The summed E-state index contributed by atoms with van der Waals surface area (Å²) in [5.74, 6) is 0. The lowest BCUT2D eigenvalue weighted by Crippen LogP contribution is -2.29. The molecule has 0 aliphatic heterocycles. The Labute approximate surface area is 176 Å². The summed E-state index contributed by atoms with van der Waals surface area (Å²) in [5, 5.41) is 17.8. The third-order valence-corrected chi connectivity index (χ3v) is 5.53. The molecule has 0 saturated heterocycles. The number of unbranched alkanes of at least 4 members (excludes halogenated alkanes) is 16. The highest BCUT2D eigenvalue weighted by Gasteiger charge is 2.03. The summed E-state index contributed by atoms with van der Waals surface area (Å²) in [6.07, 6.45) is 28.0. The summed E-state index contributed by atoms with van der Waals surface area (Å²) in [4.78, 5) is 1.99. The molecular weight excluding hydrogens is 346 g/mol. The fraction of sp³-hybridized carbons (Fsp3) is 0.920. The summed E-state index contributed by atoms with van der Waals surface area (Å²) in [6.45, 7) is 3.60. The molecule has 3 nitrogen and oxygen atoms in total. The molecule has 0 saturated carbocycles. The molecule has 0 unspecified atom stereocenters. The van der Waals surface area contributed by atoms with Crippen LogP contribution in [0.2, 0.25) is 0 Å². The number of nitrogens with zero attached hydrogens (tertiary/aromatic N) is 1. The van der Waals surface area contributed by atoms with Crippen molar-refractivity contribution >= 4 is 0 Å². The van der Waals surface area contributed by atoms with Crippen molar-refractivity contribution in [2.75, 3.05) is 20.1 Å². The quantitative estimate of drug-likeness (QED) is 0.120. The molecule has 3 heteroatoms. The first-order valence-electron chi connectivity index (χ1n) is 12.4. The van der Waals surface area contributed by atoms with Crippen molar-refractivity contribution in [2.24, 2.45) is 0 Å². The number of rotatable bonds is 22. The molecule has 0 bridgehead atoms. The summed E-state index contributed by atoms with van der Waals surface area (Å²) in [5.41, 5.74) is 0. The molecule has 2 N–H and O–H groups in total. The zero-order valence-electron chi connectivity index (χ0n) is 19.2. The lowest BCUT2D eigenvalue weighted by molar-refractivity contribution is -0.0573. The van der Waals surface area contributed by atoms with E-state index in [4.69, 9.17) is 10.2 Å². The van der Waals surface area contributed by atoms with E-state index in [0.717, 1.165) is 13.0 Å². The molecule has 0 amide bonds. The Kier molecular flexibility index (Phi) is 22.6. The highest BCUT2D eigenvalue weighted by molar-refractivity contribution is 4.81. The van der Waals surface area contributed by atoms with Gasteiger partial charge in [0, 0.05) is 6.54 Å². The van der Waals surface area contributed by atoms with Crippen LogP contribution in [0.5, 0.6) is 0 Å². The van der Waals surface area contributed by atoms with Crippen molar-refractivity contribution in [1.29, 1.82) is 0 Å². The van der Waals surface area contributed by atoms with E-state index >= 15 is 0 Å².